The van der Waals surface area contributed by atoms with E-state index >= 15 is 0 Å². The maximum Gasteiger partial charge on any atom is 0.321 e. The highest BCUT2D eigenvalue weighted by atomic mass is 16.2. The minimum absolute atomic E-state index is 0.0800. The lowest BCUT2D eigenvalue weighted by Gasteiger charge is -2.32. The first-order valence-corrected chi connectivity index (χ1v) is 8.98. The number of nitrogens with zero attached hydrogens (tertiary/aromatic N) is 6. The highest BCUT2D eigenvalue weighted by Gasteiger charge is 2.25. The number of amides is 2. The number of benzene rings is 1. The third kappa shape index (κ3) is 3.79. The summed E-state index contributed by atoms with van der Waals surface area (Å²) in [7, 11) is 0. The molecule has 8 nitrogen and oxygen atoms in total. The molecule has 3 aromatic rings. The molecule has 2 amide bonds. The van der Waals surface area contributed by atoms with E-state index in [0.717, 1.165) is 35.5 Å². The Kier molecular flexibility index (Phi) is 4.78. The standard InChI is InChI=1S/C19H21N7O/c1-14-10-20-11-22-18(14)15-5-7-25(8-6-15)19(27)24-16-3-2-4-17(9-16)26-13-21-12-23-26/h2-4,9-13,15H,5-8H2,1H3,(H,24,27). The molecule has 3 heterocycles. The molecule has 1 fully saturated rings. The van der Waals surface area contributed by atoms with E-state index in [1.54, 1.807) is 17.3 Å². The van der Waals surface area contributed by atoms with Crippen molar-refractivity contribution in [2.24, 2.45) is 0 Å². The molecule has 1 aliphatic rings. The number of piperidine rings is 1. The smallest absolute Gasteiger partial charge is 0.321 e. The van der Waals surface area contributed by atoms with Gasteiger partial charge in [-0.1, -0.05) is 6.07 Å². The predicted molar refractivity (Wildman–Crippen MR) is 101 cm³/mol. The van der Waals surface area contributed by atoms with Crippen LogP contribution in [0.2, 0.25) is 0 Å². The number of likely N-dealkylation sites (tertiary alicyclic amines) is 1. The van der Waals surface area contributed by atoms with Gasteiger partial charge >= 0.3 is 6.03 Å². The second-order valence-corrected chi connectivity index (χ2v) is 6.67. The summed E-state index contributed by atoms with van der Waals surface area (Å²) in [5.74, 6) is 0.382. The third-order valence-corrected chi connectivity index (χ3v) is 4.89. The Morgan fingerprint density at radius 1 is 1.19 bits per heavy atom. The summed E-state index contributed by atoms with van der Waals surface area (Å²) in [5.41, 5.74) is 3.81. The summed E-state index contributed by atoms with van der Waals surface area (Å²) in [5, 5.41) is 7.09. The van der Waals surface area contributed by atoms with Crippen LogP contribution in [-0.2, 0) is 0 Å². The number of aryl methyl sites for hydroxylation is 1. The van der Waals surface area contributed by atoms with Gasteiger partial charge in [-0.2, -0.15) is 5.10 Å². The van der Waals surface area contributed by atoms with Crippen molar-refractivity contribution in [2.75, 3.05) is 18.4 Å². The second kappa shape index (κ2) is 7.53. The largest absolute Gasteiger partial charge is 0.324 e. The summed E-state index contributed by atoms with van der Waals surface area (Å²) < 4.78 is 1.66. The molecule has 0 radical (unpaired) electrons. The zero-order chi connectivity index (χ0) is 18.6. The van der Waals surface area contributed by atoms with Crippen molar-refractivity contribution >= 4 is 11.7 Å². The first kappa shape index (κ1) is 17.1. The van der Waals surface area contributed by atoms with Gasteiger partial charge in [0.25, 0.3) is 0 Å². The second-order valence-electron chi connectivity index (χ2n) is 6.67. The van der Waals surface area contributed by atoms with E-state index in [1.807, 2.05) is 42.3 Å². The van der Waals surface area contributed by atoms with Gasteiger partial charge in [-0.05, 0) is 43.5 Å². The maximum absolute atomic E-state index is 12.6. The van der Waals surface area contributed by atoms with E-state index in [1.165, 1.54) is 6.33 Å². The number of hydrogen-bond donors (Lipinski definition) is 1. The molecule has 1 aliphatic heterocycles. The predicted octanol–water partition coefficient (Wildman–Crippen LogP) is 2.78. The minimum Gasteiger partial charge on any atom is -0.324 e. The number of anilines is 1. The van der Waals surface area contributed by atoms with Crippen molar-refractivity contribution in [3.63, 3.8) is 0 Å². The maximum atomic E-state index is 12.6. The van der Waals surface area contributed by atoms with E-state index in [-0.39, 0.29) is 6.03 Å². The molecule has 0 saturated carbocycles. The lowest BCUT2D eigenvalue weighted by Crippen LogP contribution is -2.40. The molecule has 1 aromatic carbocycles. The van der Waals surface area contributed by atoms with Crippen LogP contribution in [0.15, 0.2) is 49.4 Å². The molecule has 0 bridgehead atoms. The first-order chi connectivity index (χ1) is 13.2. The summed E-state index contributed by atoms with van der Waals surface area (Å²) in [4.78, 5) is 26.9. The molecule has 4 rings (SSSR count). The summed E-state index contributed by atoms with van der Waals surface area (Å²) >= 11 is 0. The molecular weight excluding hydrogens is 342 g/mol. The van der Waals surface area contributed by atoms with Crippen LogP contribution in [0, 0.1) is 6.92 Å². The molecule has 0 atom stereocenters. The monoisotopic (exact) mass is 363 g/mol. The number of rotatable bonds is 3. The molecule has 0 aliphatic carbocycles. The van der Waals surface area contributed by atoms with Gasteiger partial charge in [0.05, 0.1) is 5.69 Å². The lowest BCUT2D eigenvalue weighted by atomic mass is 9.91. The van der Waals surface area contributed by atoms with Crippen LogP contribution in [0.4, 0.5) is 10.5 Å². The molecule has 138 valence electrons. The zero-order valence-electron chi connectivity index (χ0n) is 15.1. The van der Waals surface area contributed by atoms with Crippen LogP contribution in [0.3, 0.4) is 0 Å². The highest BCUT2D eigenvalue weighted by Crippen LogP contribution is 2.28. The molecule has 0 unspecified atom stereocenters. The normalized spacial score (nSPS) is 14.9. The van der Waals surface area contributed by atoms with Gasteiger partial charge in [0.1, 0.15) is 19.0 Å². The van der Waals surface area contributed by atoms with E-state index in [0.29, 0.717) is 19.0 Å². The van der Waals surface area contributed by atoms with Gasteiger partial charge in [0, 0.05) is 36.6 Å². The van der Waals surface area contributed by atoms with Gasteiger partial charge in [0.2, 0.25) is 0 Å². The van der Waals surface area contributed by atoms with Gasteiger partial charge in [-0.3, -0.25) is 0 Å². The fourth-order valence-corrected chi connectivity index (χ4v) is 3.46. The van der Waals surface area contributed by atoms with Crippen LogP contribution in [0.25, 0.3) is 5.69 Å². The van der Waals surface area contributed by atoms with E-state index < -0.39 is 0 Å². The third-order valence-electron chi connectivity index (χ3n) is 4.89. The number of hydrogen-bond acceptors (Lipinski definition) is 5. The number of carbonyl (C=O) groups is 1. The Hall–Kier alpha value is -3.29. The van der Waals surface area contributed by atoms with Crippen molar-refractivity contribution in [1.29, 1.82) is 0 Å². The van der Waals surface area contributed by atoms with E-state index in [9.17, 15) is 4.79 Å². The number of urea groups is 1. The lowest BCUT2D eigenvalue weighted by molar-refractivity contribution is 0.194. The van der Waals surface area contributed by atoms with Crippen LogP contribution >= 0.6 is 0 Å². The summed E-state index contributed by atoms with van der Waals surface area (Å²) in [6.45, 7) is 3.46. The van der Waals surface area contributed by atoms with Crippen LogP contribution in [0.1, 0.15) is 30.0 Å². The molecule has 2 aromatic heterocycles. The summed E-state index contributed by atoms with van der Waals surface area (Å²) in [6.07, 6.45) is 8.37. The van der Waals surface area contributed by atoms with Crippen LogP contribution in [0.5, 0.6) is 0 Å². The highest BCUT2D eigenvalue weighted by molar-refractivity contribution is 5.89. The number of aromatic nitrogens is 5. The molecule has 1 saturated heterocycles. The van der Waals surface area contributed by atoms with Crippen LogP contribution in [-0.4, -0.2) is 48.8 Å². The van der Waals surface area contributed by atoms with Crippen molar-refractivity contribution in [3.8, 4) is 5.69 Å². The average Bonchev–Trinajstić information content (AvgIpc) is 3.24. The Labute approximate surface area is 157 Å². The minimum atomic E-state index is -0.0800. The SMILES string of the molecule is Cc1cncnc1C1CCN(C(=O)Nc2cccc(-n3cncn3)c2)CC1. The first-order valence-electron chi connectivity index (χ1n) is 8.98. The molecular formula is C19H21N7O. The van der Waals surface area contributed by atoms with Gasteiger partial charge in [-0.15, -0.1) is 0 Å². The Morgan fingerprint density at radius 2 is 2.04 bits per heavy atom. The molecule has 1 N–H and O–H groups in total. The van der Waals surface area contributed by atoms with E-state index in [2.05, 4.69) is 25.4 Å². The molecule has 27 heavy (non-hydrogen) atoms. The van der Waals surface area contributed by atoms with Gasteiger partial charge in [0.15, 0.2) is 0 Å². The topological polar surface area (TPSA) is 88.8 Å². The van der Waals surface area contributed by atoms with E-state index in [4.69, 9.17) is 0 Å². The fourth-order valence-electron chi connectivity index (χ4n) is 3.46. The van der Waals surface area contributed by atoms with Gasteiger partial charge in [-0.25, -0.2) is 24.4 Å². The van der Waals surface area contributed by atoms with Crippen LogP contribution < -0.4 is 5.32 Å². The molecule has 8 heteroatoms. The Bertz CT molecular complexity index is 917. The number of carbonyl (C=O) groups excluding carboxylic acids is 1. The quantitative estimate of drug-likeness (QED) is 0.773. The van der Waals surface area contributed by atoms with Crippen molar-refractivity contribution in [1.82, 2.24) is 29.6 Å². The van der Waals surface area contributed by atoms with Crippen molar-refractivity contribution in [3.05, 3.63) is 60.7 Å². The van der Waals surface area contributed by atoms with Crippen molar-refractivity contribution in [2.45, 2.75) is 25.7 Å². The summed E-state index contributed by atoms with van der Waals surface area (Å²) in [6, 6.07) is 7.47. The Morgan fingerprint density at radius 3 is 2.78 bits per heavy atom. The van der Waals surface area contributed by atoms with Gasteiger partial charge < -0.3 is 10.2 Å². The zero-order valence-corrected chi connectivity index (χ0v) is 15.1. The number of nitrogens with one attached hydrogen (secondary N) is 1. The average molecular weight is 363 g/mol. The Balaban J connectivity index is 1.38. The molecule has 0 spiro atoms. The van der Waals surface area contributed by atoms with Crippen molar-refractivity contribution < 1.29 is 4.79 Å². The fraction of sp³-hybridized carbons (Fsp3) is 0.316.